The van der Waals surface area contributed by atoms with Gasteiger partial charge in [-0.25, -0.2) is 13.6 Å². The van der Waals surface area contributed by atoms with Gasteiger partial charge in [0.15, 0.2) is 0 Å². The van der Waals surface area contributed by atoms with E-state index < -0.39 is 17.6 Å². The number of esters is 1. The van der Waals surface area contributed by atoms with E-state index in [1.165, 1.54) is 24.3 Å². The summed E-state index contributed by atoms with van der Waals surface area (Å²) in [5.74, 6) is -1.93. The van der Waals surface area contributed by atoms with E-state index >= 15 is 0 Å². The average Bonchev–Trinajstić information content (AvgIpc) is 2.40. The molecule has 0 saturated heterocycles. The molecular weight excluding hydrogens is 332 g/mol. The predicted octanol–water partition coefficient (Wildman–Crippen LogP) is 3.67. The topological polar surface area (TPSA) is 52.3 Å². The third-order valence-corrected chi connectivity index (χ3v) is 3.10. The minimum atomic E-state index is -0.744. The van der Waals surface area contributed by atoms with Crippen LogP contribution in [0.3, 0.4) is 0 Å². The van der Waals surface area contributed by atoms with Crippen molar-refractivity contribution >= 4 is 27.6 Å². The maximum Gasteiger partial charge on any atom is 0.338 e. The second kappa shape index (κ2) is 6.00. The van der Waals surface area contributed by atoms with Crippen molar-refractivity contribution < 1.29 is 18.3 Å². The molecule has 0 fully saturated rings. The van der Waals surface area contributed by atoms with E-state index in [9.17, 15) is 13.6 Å². The number of anilines is 1. The summed E-state index contributed by atoms with van der Waals surface area (Å²) in [4.78, 5) is 11.7. The molecule has 0 aromatic heterocycles. The Bertz CT molecular complexity index is 662. The Hall–Kier alpha value is -1.95. The van der Waals surface area contributed by atoms with Crippen LogP contribution in [0.5, 0.6) is 0 Å². The van der Waals surface area contributed by atoms with Crippen LogP contribution in [-0.4, -0.2) is 5.97 Å². The average molecular weight is 342 g/mol. The van der Waals surface area contributed by atoms with Gasteiger partial charge >= 0.3 is 5.97 Å². The summed E-state index contributed by atoms with van der Waals surface area (Å²) in [5.41, 5.74) is 5.51. The molecule has 0 aliphatic carbocycles. The van der Waals surface area contributed by atoms with Crippen molar-refractivity contribution in [2.24, 2.45) is 0 Å². The first-order valence-electron chi connectivity index (χ1n) is 5.63. The summed E-state index contributed by atoms with van der Waals surface area (Å²) < 4.78 is 32.3. The number of halogens is 3. The quantitative estimate of drug-likeness (QED) is 0.684. The van der Waals surface area contributed by atoms with Gasteiger partial charge in [0, 0.05) is 10.0 Å². The fourth-order valence-corrected chi connectivity index (χ4v) is 1.85. The van der Waals surface area contributed by atoms with Crippen LogP contribution in [0, 0.1) is 11.6 Å². The van der Waals surface area contributed by atoms with Crippen LogP contribution < -0.4 is 5.73 Å². The van der Waals surface area contributed by atoms with E-state index in [0.29, 0.717) is 4.47 Å². The van der Waals surface area contributed by atoms with Gasteiger partial charge in [0.1, 0.15) is 18.2 Å². The van der Waals surface area contributed by atoms with Gasteiger partial charge in [0.25, 0.3) is 0 Å². The molecule has 0 bridgehead atoms. The summed E-state index contributed by atoms with van der Waals surface area (Å²) in [5, 5.41) is 0. The standard InChI is InChI=1S/C14H10BrF2NO2/c15-10-3-1-9(11(16)6-10)7-20-14(19)8-2-4-13(18)12(17)5-8/h1-6H,7,18H2. The fourth-order valence-electron chi connectivity index (χ4n) is 1.52. The number of nitrogens with two attached hydrogens (primary N) is 1. The number of ether oxygens (including phenoxy) is 1. The minimum absolute atomic E-state index is 0.0224. The Labute approximate surface area is 122 Å². The first-order valence-corrected chi connectivity index (χ1v) is 6.43. The lowest BCUT2D eigenvalue weighted by atomic mass is 10.2. The first kappa shape index (κ1) is 14.5. The number of carbonyl (C=O) groups is 1. The molecular formula is C14H10BrF2NO2. The highest BCUT2D eigenvalue weighted by molar-refractivity contribution is 9.10. The second-order valence-electron chi connectivity index (χ2n) is 4.05. The van der Waals surface area contributed by atoms with Crippen LogP contribution in [0.2, 0.25) is 0 Å². The molecule has 20 heavy (non-hydrogen) atoms. The van der Waals surface area contributed by atoms with Crippen molar-refractivity contribution in [2.45, 2.75) is 6.61 Å². The van der Waals surface area contributed by atoms with Gasteiger partial charge in [-0.1, -0.05) is 22.0 Å². The number of hydrogen-bond acceptors (Lipinski definition) is 3. The predicted molar refractivity (Wildman–Crippen MR) is 74.0 cm³/mol. The summed E-state index contributed by atoms with van der Waals surface area (Å²) in [6.07, 6.45) is 0. The largest absolute Gasteiger partial charge is 0.457 e. The summed E-state index contributed by atoms with van der Waals surface area (Å²) in [6, 6.07) is 8.00. The number of benzene rings is 2. The van der Waals surface area contributed by atoms with Crippen molar-refractivity contribution in [3.05, 3.63) is 63.6 Å². The maximum absolute atomic E-state index is 13.5. The molecule has 0 heterocycles. The number of carbonyl (C=O) groups excluding carboxylic acids is 1. The van der Waals surface area contributed by atoms with Crippen LogP contribution in [0.1, 0.15) is 15.9 Å². The van der Waals surface area contributed by atoms with E-state index in [4.69, 9.17) is 10.5 Å². The molecule has 0 atom stereocenters. The molecule has 0 amide bonds. The van der Waals surface area contributed by atoms with Gasteiger partial charge in [-0.2, -0.15) is 0 Å². The van der Waals surface area contributed by atoms with Crippen LogP contribution in [-0.2, 0) is 11.3 Å². The highest BCUT2D eigenvalue weighted by Crippen LogP contribution is 2.17. The molecule has 3 nitrogen and oxygen atoms in total. The van der Waals surface area contributed by atoms with Gasteiger partial charge < -0.3 is 10.5 Å². The van der Waals surface area contributed by atoms with Crippen molar-refractivity contribution in [3.63, 3.8) is 0 Å². The minimum Gasteiger partial charge on any atom is -0.457 e. The SMILES string of the molecule is Nc1ccc(C(=O)OCc2ccc(Br)cc2F)cc1F. The van der Waals surface area contributed by atoms with Crippen molar-refractivity contribution in [3.8, 4) is 0 Å². The molecule has 104 valence electrons. The second-order valence-corrected chi connectivity index (χ2v) is 4.96. The van der Waals surface area contributed by atoms with E-state index in [0.717, 1.165) is 6.07 Å². The number of nitrogen functional groups attached to an aromatic ring is 1. The Balaban J connectivity index is 2.06. The molecule has 0 aliphatic rings. The molecule has 0 saturated carbocycles. The zero-order valence-electron chi connectivity index (χ0n) is 10.2. The van der Waals surface area contributed by atoms with Crippen LogP contribution in [0.4, 0.5) is 14.5 Å². The van der Waals surface area contributed by atoms with E-state index in [1.54, 1.807) is 6.07 Å². The first-order chi connectivity index (χ1) is 9.47. The van der Waals surface area contributed by atoms with E-state index in [2.05, 4.69) is 15.9 Å². The van der Waals surface area contributed by atoms with Gasteiger partial charge in [-0.15, -0.1) is 0 Å². The van der Waals surface area contributed by atoms with Gasteiger partial charge in [-0.3, -0.25) is 0 Å². The third kappa shape index (κ3) is 3.33. The highest BCUT2D eigenvalue weighted by Gasteiger charge is 2.11. The van der Waals surface area contributed by atoms with Crippen LogP contribution in [0.25, 0.3) is 0 Å². The van der Waals surface area contributed by atoms with Gasteiger partial charge in [-0.05, 0) is 30.3 Å². The van der Waals surface area contributed by atoms with Crippen molar-refractivity contribution in [1.29, 1.82) is 0 Å². The Kier molecular flexibility index (Phi) is 4.34. The zero-order chi connectivity index (χ0) is 14.7. The normalized spacial score (nSPS) is 10.3. The number of rotatable bonds is 3. The maximum atomic E-state index is 13.5. The zero-order valence-corrected chi connectivity index (χ0v) is 11.8. The lowest BCUT2D eigenvalue weighted by molar-refractivity contribution is 0.0468. The number of hydrogen-bond donors (Lipinski definition) is 1. The summed E-state index contributed by atoms with van der Waals surface area (Å²) in [6.45, 7) is -0.232. The molecule has 0 aliphatic heterocycles. The summed E-state index contributed by atoms with van der Waals surface area (Å²) in [7, 11) is 0. The molecule has 0 unspecified atom stereocenters. The highest BCUT2D eigenvalue weighted by atomic mass is 79.9. The molecule has 0 radical (unpaired) electrons. The molecule has 2 aromatic rings. The molecule has 0 spiro atoms. The Morgan fingerprint density at radius 2 is 1.90 bits per heavy atom. The van der Waals surface area contributed by atoms with Crippen LogP contribution >= 0.6 is 15.9 Å². The van der Waals surface area contributed by atoms with Crippen LogP contribution in [0.15, 0.2) is 40.9 Å². The summed E-state index contributed by atoms with van der Waals surface area (Å²) >= 11 is 3.13. The lowest BCUT2D eigenvalue weighted by Gasteiger charge is -2.07. The monoisotopic (exact) mass is 341 g/mol. The van der Waals surface area contributed by atoms with Gasteiger partial charge in [0.2, 0.25) is 0 Å². The van der Waals surface area contributed by atoms with E-state index in [-0.39, 0.29) is 23.4 Å². The van der Waals surface area contributed by atoms with Crippen molar-refractivity contribution in [2.75, 3.05) is 5.73 Å². The molecule has 2 rings (SSSR count). The molecule has 2 N–H and O–H groups in total. The Morgan fingerprint density at radius 3 is 2.55 bits per heavy atom. The molecule has 6 heteroatoms. The lowest BCUT2D eigenvalue weighted by Crippen LogP contribution is -2.07. The molecule has 2 aromatic carbocycles. The van der Waals surface area contributed by atoms with Crippen molar-refractivity contribution in [1.82, 2.24) is 0 Å². The van der Waals surface area contributed by atoms with E-state index in [1.807, 2.05) is 0 Å². The Morgan fingerprint density at radius 1 is 1.15 bits per heavy atom. The fraction of sp³-hybridized carbons (Fsp3) is 0.0714. The smallest absolute Gasteiger partial charge is 0.338 e. The third-order valence-electron chi connectivity index (χ3n) is 2.61. The van der Waals surface area contributed by atoms with Gasteiger partial charge in [0.05, 0.1) is 11.3 Å².